The van der Waals surface area contributed by atoms with E-state index in [0.717, 1.165) is 17.2 Å². The van der Waals surface area contributed by atoms with Gasteiger partial charge in [0.2, 0.25) is 0 Å². The number of pyridine rings is 1. The molecule has 0 aliphatic rings. The Bertz CT molecular complexity index is 753. The van der Waals surface area contributed by atoms with Gasteiger partial charge in [0.15, 0.2) is 6.29 Å². The molecule has 3 heteroatoms. The monoisotopic (exact) mass is 267 g/mol. The second kappa shape index (κ2) is 4.82. The number of benzene rings is 2. The topological polar surface area (TPSA) is 30.0 Å². The lowest BCUT2D eigenvalue weighted by molar-refractivity contribution is 0.112. The van der Waals surface area contributed by atoms with E-state index in [0.29, 0.717) is 21.8 Å². The molecule has 19 heavy (non-hydrogen) atoms. The molecule has 1 aromatic heterocycles. The molecule has 92 valence electrons. The summed E-state index contributed by atoms with van der Waals surface area (Å²) in [4.78, 5) is 15.8. The number of nitrogens with zero attached hydrogens (tertiary/aromatic N) is 1. The molecule has 0 saturated heterocycles. The molecule has 0 aliphatic heterocycles. The standard InChI is InChI=1S/C16H10ClNO/c17-14-8-4-7-12-9-13(10-19)15(18-16(12)14)11-5-2-1-3-6-11/h1-10H. The first-order chi connectivity index (χ1) is 9.29. The summed E-state index contributed by atoms with van der Waals surface area (Å²) < 4.78 is 0. The summed E-state index contributed by atoms with van der Waals surface area (Å²) in [5.74, 6) is 0. The van der Waals surface area contributed by atoms with Crippen molar-refractivity contribution in [2.45, 2.75) is 0 Å². The maximum Gasteiger partial charge on any atom is 0.152 e. The number of carbonyl (C=O) groups excluding carboxylic acids is 1. The minimum Gasteiger partial charge on any atom is -0.298 e. The van der Waals surface area contributed by atoms with Gasteiger partial charge >= 0.3 is 0 Å². The number of aldehydes is 1. The van der Waals surface area contributed by atoms with E-state index in [1.165, 1.54) is 0 Å². The van der Waals surface area contributed by atoms with Crippen LogP contribution in [-0.2, 0) is 0 Å². The molecule has 0 atom stereocenters. The highest BCUT2D eigenvalue weighted by Gasteiger charge is 2.10. The van der Waals surface area contributed by atoms with E-state index in [2.05, 4.69) is 4.98 Å². The number of fused-ring (bicyclic) bond motifs is 1. The van der Waals surface area contributed by atoms with Crippen molar-refractivity contribution in [1.29, 1.82) is 0 Å². The lowest BCUT2D eigenvalue weighted by Crippen LogP contribution is -1.93. The minimum atomic E-state index is 0.570. The van der Waals surface area contributed by atoms with Crippen LogP contribution in [0.4, 0.5) is 0 Å². The van der Waals surface area contributed by atoms with Crippen LogP contribution in [0.2, 0.25) is 5.02 Å². The van der Waals surface area contributed by atoms with Crippen LogP contribution in [0.25, 0.3) is 22.2 Å². The fourth-order valence-corrected chi connectivity index (χ4v) is 2.32. The highest BCUT2D eigenvalue weighted by molar-refractivity contribution is 6.35. The van der Waals surface area contributed by atoms with Crippen molar-refractivity contribution in [3.8, 4) is 11.3 Å². The van der Waals surface area contributed by atoms with E-state index in [9.17, 15) is 4.79 Å². The Labute approximate surface area is 115 Å². The van der Waals surface area contributed by atoms with Gasteiger partial charge < -0.3 is 0 Å². The normalized spacial score (nSPS) is 10.6. The number of hydrogen-bond donors (Lipinski definition) is 0. The van der Waals surface area contributed by atoms with Crippen LogP contribution in [0.3, 0.4) is 0 Å². The number of halogens is 1. The molecule has 3 rings (SSSR count). The van der Waals surface area contributed by atoms with E-state index >= 15 is 0 Å². The summed E-state index contributed by atoms with van der Waals surface area (Å²) in [5.41, 5.74) is 2.86. The Morgan fingerprint density at radius 1 is 1.00 bits per heavy atom. The summed E-state index contributed by atoms with van der Waals surface area (Å²) in [6.07, 6.45) is 0.829. The van der Waals surface area contributed by atoms with Gasteiger partial charge in [0.05, 0.1) is 16.2 Å². The maximum absolute atomic E-state index is 11.3. The summed E-state index contributed by atoms with van der Waals surface area (Å²) in [7, 11) is 0. The summed E-state index contributed by atoms with van der Waals surface area (Å²) >= 11 is 6.16. The zero-order chi connectivity index (χ0) is 13.2. The summed E-state index contributed by atoms with van der Waals surface area (Å²) in [6, 6.07) is 17.0. The Morgan fingerprint density at radius 3 is 2.53 bits per heavy atom. The third kappa shape index (κ3) is 2.11. The molecule has 0 fully saturated rings. The summed E-state index contributed by atoms with van der Waals surface area (Å²) in [5, 5.41) is 1.46. The van der Waals surface area contributed by atoms with Crippen LogP contribution in [0.15, 0.2) is 54.6 Å². The van der Waals surface area contributed by atoms with Crippen molar-refractivity contribution in [2.24, 2.45) is 0 Å². The predicted molar refractivity (Wildman–Crippen MR) is 77.6 cm³/mol. The van der Waals surface area contributed by atoms with Crippen LogP contribution in [0.1, 0.15) is 10.4 Å². The van der Waals surface area contributed by atoms with E-state index < -0.39 is 0 Å². The number of para-hydroxylation sites is 1. The number of carbonyl (C=O) groups is 1. The number of rotatable bonds is 2. The molecule has 0 spiro atoms. The van der Waals surface area contributed by atoms with Crippen molar-refractivity contribution >= 4 is 28.8 Å². The van der Waals surface area contributed by atoms with Crippen molar-refractivity contribution in [3.63, 3.8) is 0 Å². The molecule has 0 saturated carbocycles. The first-order valence-corrected chi connectivity index (χ1v) is 6.27. The van der Waals surface area contributed by atoms with Crippen molar-refractivity contribution in [1.82, 2.24) is 4.98 Å². The van der Waals surface area contributed by atoms with Crippen LogP contribution < -0.4 is 0 Å². The fraction of sp³-hybridized carbons (Fsp3) is 0. The Kier molecular flexibility index (Phi) is 3.02. The molecule has 2 aromatic carbocycles. The lowest BCUT2D eigenvalue weighted by atomic mass is 10.0. The third-order valence-corrected chi connectivity index (χ3v) is 3.31. The second-order valence-corrected chi connectivity index (χ2v) is 4.63. The van der Waals surface area contributed by atoms with E-state index in [1.807, 2.05) is 48.5 Å². The van der Waals surface area contributed by atoms with Gasteiger partial charge in [-0.2, -0.15) is 0 Å². The van der Waals surface area contributed by atoms with Gasteiger partial charge in [-0.3, -0.25) is 4.79 Å². The highest BCUT2D eigenvalue weighted by Crippen LogP contribution is 2.28. The highest BCUT2D eigenvalue weighted by atomic mass is 35.5. The Hall–Kier alpha value is -2.19. The molecule has 1 heterocycles. The van der Waals surface area contributed by atoms with Gasteiger partial charge in [-0.05, 0) is 12.1 Å². The maximum atomic E-state index is 11.3. The van der Waals surface area contributed by atoms with Crippen molar-refractivity contribution < 1.29 is 4.79 Å². The van der Waals surface area contributed by atoms with E-state index in [4.69, 9.17) is 11.6 Å². The zero-order valence-electron chi connectivity index (χ0n) is 10.0. The van der Waals surface area contributed by atoms with E-state index in [1.54, 1.807) is 6.07 Å². The first-order valence-electron chi connectivity index (χ1n) is 5.89. The lowest BCUT2D eigenvalue weighted by Gasteiger charge is -2.07. The molecule has 0 unspecified atom stereocenters. The Morgan fingerprint density at radius 2 is 1.79 bits per heavy atom. The zero-order valence-corrected chi connectivity index (χ0v) is 10.8. The molecule has 0 radical (unpaired) electrons. The van der Waals surface area contributed by atoms with Gasteiger partial charge in [-0.1, -0.05) is 54.1 Å². The second-order valence-electron chi connectivity index (χ2n) is 4.22. The molecule has 0 N–H and O–H groups in total. The minimum absolute atomic E-state index is 0.570. The molecule has 0 aliphatic carbocycles. The van der Waals surface area contributed by atoms with Crippen LogP contribution in [-0.4, -0.2) is 11.3 Å². The average molecular weight is 268 g/mol. The molecule has 3 aromatic rings. The average Bonchev–Trinajstić information content (AvgIpc) is 2.47. The molecule has 0 amide bonds. The van der Waals surface area contributed by atoms with Gasteiger partial charge in [0.1, 0.15) is 0 Å². The quantitative estimate of drug-likeness (QED) is 0.646. The Balaban J connectivity index is 2.35. The van der Waals surface area contributed by atoms with Crippen LogP contribution in [0.5, 0.6) is 0 Å². The predicted octanol–water partition coefficient (Wildman–Crippen LogP) is 4.37. The SMILES string of the molecule is O=Cc1cc2cccc(Cl)c2nc1-c1ccccc1. The van der Waals surface area contributed by atoms with Crippen molar-refractivity contribution in [3.05, 3.63) is 65.2 Å². The van der Waals surface area contributed by atoms with Crippen molar-refractivity contribution in [2.75, 3.05) is 0 Å². The van der Waals surface area contributed by atoms with Gasteiger partial charge in [-0.15, -0.1) is 0 Å². The van der Waals surface area contributed by atoms with Gasteiger partial charge in [-0.25, -0.2) is 4.98 Å². The molecular weight excluding hydrogens is 258 g/mol. The van der Waals surface area contributed by atoms with Crippen LogP contribution >= 0.6 is 11.6 Å². The van der Waals surface area contributed by atoms with Crippen LogP contribution in [0, 0.1) is 0 Å². The number of aromatic nitrogens is 1. The smallest absolute Gasteiger partial charge is 0.152 e. The molecule has 0 bridgehead atoms. The fourth-order valence-electron chi connectivity index (χ4n) is 2.10. The van der Waals surface area contributed by atoms with Gasteiger partial charge in [0.25, 0.3) is 0 Å². The van der Waals surface area contributed by atoms with Gasteiger partial charge in [0, 0.05) is 16.5 Å². The third-order valence-electron chi connectivity index (χ3n) is 3.00. The summed E-state index contributed by atoms with van der Waals surface area (Å²) in [6.45, 7) is 0. The molecule has 2 nitrogen and oxygen atoms in total. The number of hydrogen-bond acceptors (Lipinski definition) is 2. The van der Waals surface area contributed by atoms with E-state index in [-0.39, 0.29) is 0 Å². The molecular formula is C16H10ClNO. The first kappa shape index (κ1) is 11.9. The largest absolute Gasteiger partial charge is 0.298 e.